The van der Waals surface area contributed by atoms with Crippen LogP contribution in [-0.4, -0.2) is 22.8 Å². The van der Waals surface area contributed by atoms with E-state index >= 15 is 0 Å². The zero-order valence-electron chi connectivity index (χ0n) is 10.4. The lowest BCUT2D eigenvalue weighted by Crippen LogP contribution is -2.24. The van der Waals surface area contributed by atoms with Crippen molar-refractivity contribution in [3.05, 3.63) is 57.0 Å². The molecule has 98 valence electrons. The number of amides is 1. The maximum atomic E-state index is 11.9. The van der Waals surface area contributed by atoms with Crippen molar-refractivity contribution in [1.82, 2.24) is 9.88 Å². The number of aromatic nitrogens is 1. The van der Waals surface area contributed by atoms with Gasteiger partial charge in [0.25, 0.3) is 0 Å². The van der Waals surface area contributed by atoms with Crippen molar-refractivity contribution in [2.24, 2.45) is 0 Å². The summed E-state index contributed by atoms with van der Waals surface area (Å²) in [5.41, 5.74) is 1.07. The number of carbonyl (C=O) groups excluding carboxylic acids is 1. The lowest BCUT2D eigenvalue weighted by molar-refractivity contribution is -0.125. The number of pyridine rings is 1. The summed E-state index contributed by atoms with van der Waals surface area (Å²) >= 11 is 4.98. The molecule has 1 amide bonds. The van der Waals surface area contributed by atoms with Crippen molar-refractivity contribution in [3.8, 4) is 0 Å². The second kappa shape index (κ2) is 6.63. The third kappa shape index (κ3) is 4.29. The number of hydrogen-bond acceptors (Lipinski definition) is 3. The SMILES string of the molecule is CN(Cc1ccncc1)C(=O)/C=C/c1cc(Br)cs1. The zero-order chi connectivity index (χ0) is 13.7. The summed E-state index contributed by atoms with van der Waals surface area (Å²) in [7, 11) is 1.79. The summed E-state index contributed by atoms with van der Waals surface area (Å²) in [5.74, 6) is -0.0127. The summed E-state index contributed by atoms with van der Waals surface area (Å²) in [4.78, 5) is 18.6. The Labute approximate surface area is 124 Å². The summed E-state index contributed by atoms with van der Waals surface area (Å²) in [6, 6.07) is 5.80. The lowest BCUT2D eigenvalue weighted by Gasteiger charge is -2.14. The smallest absolute Gasteiger partial charge is 0.246 e. The molecule has 2 rings (SSSR count). The van der Waals surface area contributed by atoms with Crippen LogP contribution in [0.1, 0.15) is 10.4 Å². The average molecular weight is 337 g/mol. The van der Waals surface area contributed by atoms with E-state index in [0.29, 0.717) is 6.54 Å². The molecule has 0 unspecified atom stereocenters. The van der Waals surface area contributed by atoms with Crippen LogP contribution in [0.3, 0.4) is 0 Å². The molecule has 0 aliphatic rings. The topological polar surface area (TPSA) is 33.2 Å². The predicted octanol–water partition coefficient (Wildman–Crippen LogP) is 3.58. The van der Waals surface area contributed by atoms with Gasteiger partial charge < -0.3 is 4.90 Å². The molecule has 3 nitrogen and oxygen atoms in total. The average Bonchev–Trinajstić information content (AvgIpc) is 2.83. The van der Waals surface area contributed by atoms with Gasteiger partial charge in [0.05, 0.1) is 0 Å². The molecule has 0 bridgehead atoms. The molecular weight excluding hydrogens is 324 g/mol. The van der Waals surface area contributed by atoms with Gasteiger partial charge in [-0.2, -0.15) is 0 Å². The highest BCUT2D eigenvalue weighted by Gasteiger charge is 2.05. The Kier molecular flexibility index (Phi) is 4.87. The molecule has 0 saturated heterocycles. The van der Waals surface area contributed by atoms with Gasteiger partial charge in [0, 0.05) is 46.8 Å². The van der Waals surface area contributed by atoms with E-state index < -0.39 is 0 Å². The highest BCUT2D eigenvalue weighted by molar-refractivity contribution is 9.10. The summed E-state index contributed by atoms with van der Waals surface area (Å²) in [6.45, 7) is 0.583. The van der Waals surface area contributed by atoms with Gasteiger partial charge in [-0.15, -0.1) is 11.3 Å². The van der Waals surface area contributed by atoms with E-state index in [2.05, 4.69) is 20.9 Å². The van der Waals surface area contributed by atoms with Crippen LogP contribution in [0.25, 0.3) is 6.08 Å². The first-order valence-electron chi connectivity index (χ1n) is 5.71. The van der Waals surface area contributed by atoms with Crippen molar-refractivity contribution in [2.45, 2.75) is 6.54 Å². The number of thiophene rings is 1. The van der Waals surface area contributed by atoms with Gasteiger partial charge >= 0.3 is 0 Å². The van der Waals surface area contributed by atoms with E-state index in [0.717, 1.165) is 14.9 Å². The third-order valence-corrected chi connectivity index (χ3v) is 4.18. The summed E-state index contributed by atoms with van der Waals surface area (Å²) < 4.78 is 1.04. The van der Waals surface area contributed by atoms with Crippen LogP contribution in [0.5, 0.6) is 0 Å². The Morgan fingerprint density at radius 2 is 2.21 bits per heavy atom. The van der Waals surface area contributed by atoms with E-state index in [9.17, 15) is 4.79 Å². The molecule has 5 heteroatoms. The van der Waals surface area contributed by atoms with Crippen LogP contribution in [0.2, 0.25) is 0 Å². The minimum Gasteiger partial charge on any atom is -0.338 e. The molecule has 0 aliphatic carbocycles. The largest absolute Gasteiger partial charge is 0.338 e. The maximum Gasteiger partial charge on any atom is 0.246 e. The van der Waals surface area contributed by atoms with Gasteiger partial charge in [0.1, 0.15) is 0 Å². The molecule has 0 aromatic carbocycles. The first-order valence-corrected chi connectivity index (χ1v) is 7.38. The Morgan fingerprint density at radius 3 is 2.84 bits per heavy atom. The van der Waals surface area contributed by atoms with Crippen LogP contribution in [0, 0.1) is 0 Å². The molecule has 0 saturated carbocycles. The highest BCUT2D eigenvalue weighted by atomic mass is 79.9. The fourth-order valence-electron chi connectivity index (χ4n) is 1.54. The number of likely N-dealkylation sites (N-methyl/N-ethyl adjacent to an activating group) is 1. The zero-order valence-corrected chi connectivity index (χ0v) is 12.8. The number of nitrogens with zero attached hydrogens (tertiary/aromatic N) is 2. The van der Waals surface area contributed by atoms with Crippen molar-refractivity contribution < 1.29 is 4.79 Å². The molecule has 0 spiro atoms. The Hall–Kier alpha value is -1.46. The minimum atomic E-state index is -0.0127. The van der Waals surface area contributed by atoms with Crippen molar-refractivity contribution in [3.63, 3.8) is 0 Å². The first-order chi connectivity index (χ1) is 9.15. The van der Waals surface area contributed by atoms with Crippen molar-refractivity contribution in [2.75, 3.05) is 7.05 Å². The van der Waals surface area contributed by atoms with Crippen LogP contribution >= 0.6 is 27.3 Å². The number of carbonyl (C=O) groups is 1. The summed E-state index contributed by atoms with van der Waals surface area (Å²) in [6.07, 6.45) is 6.89. The molecule has 19 heavy (non-hydrogen) atoms. The molecule has 2 aromatic heterocycles. The van der Waals surface area contributed by atoms with E-state index in [-0.39, 0.29) is 5.91 Å². The molecule has 0 radical (unpaired) electrons. The third-order valence-electron chi connectivity index (χ3n) is 2.52. The fraction of sp³-hybridized carbons (Fsp3) is 0.143. The Bertz CT molecular complexity index is 580. The van der Waals surface area contributed by atoms with Gasteiger partial charge in [-0.05, 0) is 45.8 Å². The van der Waals surface area contributed by atoms with Crippen LogP contribution in [0.4, 0.5) is 0 Å². The number of rotatable bonds is 4. The van der Waals surface area contributed by atoms with Gasteiger partial charge in [0.15, 0.2) is 0 Å². The maximum absolute atomic E-state index is 11.9. The molecule has 2 heterocycles. The van der Waals surface area contributed by atoms with Gasteiger partial charge in [-0.25, -0.2) is 0 Å². The molecule has 0 aliphatic heterocycles. The second-order valence-corrected chi connectivity index (χ2v) is 5.91. The molecule has 0 atom stereocenters. The van der Waals surface area contributed by atoms with Crippen LogP contribution < -0.4 is 0 Å². The quantitative estimate of drug-likeness (QED) is 0.799. The van der Waals surface area contributed by atoms with Crippen LogP contribution in [0.15, 0.2) is 46.5 Å². The molecule has 2 aromatic rings. The van der Waals surface area contributed by atoms with Gasteiger partial charge in [-0.3, -0.25) is 9.78 Å². The van der Waals surface area contributed by atoms with Crippen molar-refractivity contribution in [1.29, 1.82) is 0 Å². The first kappa shape index (κ1) is 14.0. The van der Waals surface area contributed by atoms with E-state index in [1.807, 2.05) is 29.7 Å². The van der Waals surface area contributed by atoms with E-state index in [4.69, 9.17) is 0 Å². The van der Waals surface area contributed by atoms with E-state index in [1.54, 1.807) is 41.8 Å². The monoisotopic (exact) mass is 336 g/mol. The van der Waals surface area contributed by atoms with Gasteiger partial charge in [-0.1, -0.05) is 0 Å². The number of hydrogen-bond donors (Lipinski definition) is 0. The minimum absolute atomic E-state index is 0.0127. The normalized spacial score (nSPS) is 10.8. The Balaban J connectivity index is 1.94. The predicted molar refractivity (Wildman–Crippen MR) is 81.8 cm³/mol. The van der Waals surface area contributed by atoms with Gasteiger partial charge in [0.2, 0.25) is 5.91 Å². The molecular formula is C14H13BrN2OS. The van der Waals surface area contributed by atoms with E-state index in [1.165, 1.54) is 0 Å². The van der Waals surface area contributed by atoms with Crippen LogP contribution in [-0.2, 0) is 11.3 Å². The standard InChI is InChI=1S/C14H13BrN2OS/c1-17(9-11-4-6-16-7-5-11)14(18)3-2-13-8-12(15)10-19-13/h2-8,10H,9H2,1H3/b3-2+. The number of halogens is 1. The Morgan fingerprint density at radius 1 is 1.47 bits per heavy atom. The molecule has 0 N–H and O–H groups in total. The summed E-state index contributed by atoms with van der Waals surface area (Å²) in [5, 5.41) is 1.99. The fourth-order valence-corrected chi connectivity index (χ4v) is 2.87. The molecule has 0 fully saturated rings. The second-order valence-electron chi connectivity index (χ2n) is 4.05. The van der Waals surface area contributed by atoms with Crippen molar-refractivity contribution >= 4 is 39.2 Å². The lowest BCUT2D eigenvalue weighted by atomic mass is 10.2. The highest BCUT2D eigenvalue weighted by Crippen LogP contribution is 2.20.